The van der Waals surface area contributed by atoms with Crippen LogP contribution in [0.4, 0.5) is 0 Å². The summed E-state index contributed by atoms with van der Waals surface area (Å²) in [7, 11) is 0. The van der Waals surface area contributed by atoms with E-state index < -0.39 is 12.0 Å². The van der Waals surface area contributed by atoms with E-state index in [1.54, 1.807) is 11.8 Å². The SMILES string of the molecule is CCNC(CSCC1CCCO1)C(=O)O. The van der Waals surface area contributed by atoms with Crippen molar-refractivity contribution in [1.82, 2.24) is 5.32 Å². The summed E-state index contributed by atoms with van der Waals surface area (Å²) in [5.41, 5.74) is 0. The standard InChI is InChI=1S/C10H19NO3S/c1-2-11-9(10(12)13)7-15-6-8-4-3-5-14-8/h8-9,11H,2-7H2,1H3,(H,12,13). The summed E-state index contributed by atoms with van der Waals surface area (Å²) in [6, 6.07) is -0.429. The zero-order valence-electron chi connectivity index (χ0n) is 9.07. The van der Waals surface area contributed by atoms with E-state index in [1.807, 2.05) is 6.92 Å². The van der Waals surface area contributed by atoms with Crippen molar-refractivity contribution in [1.29, 1.82) is 0 Å². The van der Waals surface area contributed by atoms with Crippen molar-refractivity contribution in [2.45, 2.75) is 31.9 Å². The number of carbonyl (C=O) groups is 1. The number of aliphatic carboxylic acids is 1. The zero-order chi connectivity index (χ0) is 11.1. The van der Waals surface area contributed by atoms with Crippen LogP contribution in [0.5, 0.6) is 0 Å². The van der Waals surface area contributed by atoms with Crippen LogP contribution in [0.2, 0.25) is 0 Å². The van der Waals surface area contributed by atoms with Gasteiger partial charge in [-0.2, -0.15) is 11.8 Å². The molecule has 0 aromatic carbocycles. The average Bonchev–Trinajstić information content (AvgIpc) is 2.69. The number of thioether (sulfide) groups is 1. The highest BCUT2D eigenvalue weighted by Gasteiger charge is 2.19. The minimum Gasteiger partial charge on any atom is -0.480 e. The van der Waals surface area contributed by atoms with Gasteiger partial charge in [-0.1, -0.05) is 6.92 Å². The number of likely N-dealkylation sites (N-methyl/N-ethyl adjacent to an activating group) is 1. The summed E-state index contributed by atoms with van der Waals surface area (Å²) >= 11 is 1.66. The van der Waals surface area contributed by atoms with Crippen molar-refractivity contribution < 1.29 is 14.6 Å². The Balaban J connectivity index is 2.12. The minimum absolute atomic E-state index is 0.339. The highest BCUT2D eigenvalue weighted by molar-refractivity contribution is 7.99. The Labute approximate surface area is 94.8 Å². The van der Waals surface area contributed by atoms with Crippen molar-refractivity contribution in [2.75, 3.05) is 24.7 Å². The van der Waals surface area contributed by atoms with Crippen LogP contribution in [0, 0.1) is 0 Å². The van der Waals surface area contributed by atoms with E-state index in [2.05, 4.69) is 5.32 Å². The minimum atomic E-state index is -0.767. The van der Waals surface area contributed by atoms with Crippen LogP contribution in [-0.4, -0.2) is 47.9 Å². The first-order valence-electron chi connectivity index (χ1n) is 5.39. The predicted molar refractivity (Wildman–Crippen MR) is 61.4 cm³/mol. The van der Waals surface area contributed by atoms with E-state index in [-0.39, 0.29) is 0 Å². The normalized spacial score (nSPS) is 22.9. The van der Waals surface area contributed by atoms with Crippen molar-refractivity contribution in [2.24, 2.45) is 0 Å². The lowest BCUT2D eigenvalue weighted by Crippen LogP contribution is -2.38. The van der Waals surface area contributed by atoms with E-state index in [9.17, 15) is 4.79 Å². The molecule has 2 N–H and O–H groups in total. The van der Waals surface area contributed by atoms with Crippen LogP contribution in [-0.2, 0) is 9.53 Å². The van der Waals surface area contributed by atoms with Crippen LogP contribution >= 0.6 is 11.8 Å². The van der Waals surface area contributed by atoms with E-state index in [4.69, 9.17) is 9.84 Å². The Morgan fingerprint density at radius 3 is 3.07 bits per heavy atom. The molecule has 1 rings (SSSR count). The quantitative estimate of drug-likeness (QED) is 0.686. The molecule has 0 radical (unpaired) electrons. The molecule has 0 amide bonds. The number of rotatable bonds is 7. The second kappa shape index (κ2) is 7.09. The lowest BCUT2D eigenvalue weighted by atomic mass is 10.3. The van der Waals surface area contributed by atoms with Crippen LogP contribution in [0.25, 0.3) is 0 Å². The van der Waals surface area contributed by atoms with Gasteiger partial charge in [-0.3, -0.25) is 4.79 Å². The lowest BCUT2D eigenvalue weighted by molar-refractivity contribution is -0.138. The van der Waals surface area contributed by atoms with Gasteiger partial charge in [0.1, 0.15) is 6.04 Å². The van der Waals surface area contributed by atoms with Gasteiger partial charge in [-0.15, -0.1) is 0 Å². The topological polar surface area (TPSA) is 58.6 Å². The summed E-state index contributed by atoms with van der Waals surface area (Å²) < 4.78 is 5.47. The molecule has 0 bridgehead atoms. The fourth-order valence-electron chi connectivity index (χ4n) is 1.56. The fourth-order valence-corrected chi connectivity index (χ4v) is 2.72. The van der Waals surface area contributed by atoms with Crippen LogP contribution in [0.3, 0.4) is 0 Å². The Morgan fingerprint density at radius 1 is 1.73 bits per heavy atom. The van der Waals surface area contributed by atoms with Gasteiger partial charge in [0.2, 0.25) is 0 Å². The smallest absolute Gasteiger partial charge is 0.321 e. The molecule has 5 heteroatoms. The van der Waals surface area contributed by atoms with E-state index in [0.29, 0.717) is 18.4 Å². The molecular weight excluding hydrogens is 214 g/mol. The average molecular weight is 233 g/mol. The summed E-state index contributed by atoms with van der Waals surface area (Å²) in [6.07, 6.45) is 2.60. The van der Waals surface area contributed by atoms with Gasteiger partial charge in [-0.25, -0.2) is 0 Å². The first kappa shape index (κ1) is 12.8. The van der Waals surface area contributed by atoms with Crippen LogP contribution in [0.1, 0.15) is 19.8 Å². The molecule has 15 heavy (non-hydrogen) atoms. The molecule has 1 saturated heterocycles. The number of ether oxygens (including phenoxy) is 1. The molecule has 1 heterocycles. The van der Waals surface area contributed by atoms with Crippen molar-refractivity contribution in [3.8, 4) is 0 Å². The second-order valence-electron chi connectivity index (χ2n) is 3.62. The van der Waals surface area contributed by atoms with Crippen molar-refractivity contribution in [3.05, 3.63) is 0 Å². The molecule has 88 valence electrons. The lowest BCUT2D eigenvalue weighted by Gasteiger charge is -2.14. The van der Waals surface area contributed by atoms with Gasteiger partial charge in [0.15, 0.2) is 0 Å². The summed E-state index contributed by atoms with van der Waals surface area (Å²) in [5, 5.41) is 11.8. The summed E-state index contributed by atoms with van der Waals surface area (Å²) in [5.74, 6) is 0.759. The van der Waals surface area contributed by atoms with Crippen molar-refractivity contribution in [3.63, 3.8) is 0 Å². The highest BCUT2D eigenvalue weighted by Crippen LogP contribution is 2.17. The van der Waals surface area contributed by atoms with Gasteiger partial charge < -0.3 is 15.2 Å². The number of nitrogens with one attached hydrogen (secondary N) is 1. The number of carboxylic acids is 1. The molecule has 1 aliphatic heterocycles. The second-order valence-corrected chi connectivity index (χ2v) is 4.70. The Bertz CT molecular complexity index is 195. The fraction of sp³-hybridized carbons (Fsp3) is 0.900. The van der Waals surface area contributed by atoms with Gasteiger partial charge in [0.25, 0.3) is 0 Å². The monoisotopic (exact) mass is 233 g/mol. The third kappa shape index (κ3) is 4.86. The maximum Gasteiger partial charge on any atom is 0.321 e. The predicted octanol–water partition coefficient (Wildman–Crippen LogP) is 0.961. The number of carboxylic acid groups (broad SMARTS) is 1. The van der Waals surface area contributed by atoms with Gasteiger partial charge >= 0.3 is 5.97 Å². The molecule has 1 aliphatic rings. The van der Waals surface area contributed by atoms with Crippen LogP contribution in [0.15, 0.2) is 0 Å². The molecule has 2 atom stereocenters. The summed E-state index contributed by atoms with van der Waals surface area (Å²) in [4.78, 5) is 10.8. The first-order valence-corrected chi connectivity index (χ1v) is 6.55. The van der Waals surface area contributed by atoms with E-state index >= 15 is 0 Å². The molecule has 0 saturated carbocycles. The molecular formula is C10H19NO3S. The molecule has 4 nitrogen and oxygen atoms in total. The zero-order valence-corrected chi connectivity index (χ0v) is 9.89. The maximum atomic E-state index is 10.8. The largest absolute Gasteiger partial charge is 0.480 e. The Morgan fingerprint density at radius 2 is 2.53 bits per heavy atom. The molecule has 1 fully saturated rings. The Kier molecular flexibility index (Phi) is 6.05. The van der Waals surface area contributed by atoms with Crippen LogP contribution < -0.4 is 5.32 Å². The van der Waals surface area contributed by atoms with E-state index in [0.717, 1.165) is 25.2 Å². The summed E-state index contributed by atoms with van der Waals surface area (Å²) in [6.45, 7) is 3.47. The van der Waals surface area contributed by atoms with Gasteiger partial charge in [0, 0.05) is 18.1 Å². The van der Waals surface area contributed by atoms with E-state index in [1.165, 1.54) is 0 Å². The first-order chi connectivity index (χ1) is 7.24. The molecule has 2 unspecified atom stereocenters. The number of hydrogen-bond acceptors (Lipinski definition) is 4. The molecule has 0 aromatic rings. The van der Waals surface area contributed by atoms with Gasteiger partial charge in [0.05, 0.1) is 6.10 Å². The number of hydrogen-bond donors (Lipinski definition) is 2. The highest BCUT2D eigenvalue weighted by atomic mass is 32.2. The molecule has 0 aromatic heterocycles. The molecule has 0 spiro atoms. The van der Waals surface area contributed by atoms with Crippen molar-refractivity contribution >= 4 is 17.7 Å². The third-order valence-electron chi connectivity index (χ3n) is 2.36. The molecule has 0 aliphatic carbocycles. The maximum absolute atomic E-state index is 10.8. The Hall–Kier alpha value is -0.260. The third-order valence-corrected chi connectivity index (χ3v) is 3.54. The van der Waals surface area contributed by atoms with Gasteiger partial charge in [-0.05, 0) is 19.4 Å².